The number of nitrogens with zero attached hydrogens (tertiary/aromatic N) is 2. The topological polar surface area (TPSA) is 52.1 Å². The lowest BCUT2D eigenvalue weighted by Crippen LogP contribution is -2.09. The number of carbonyl (C=O) groups excluding carboxylic acids is 1. The first-order valence-electron chi connectivity index (χ1n) is 6.30. The number of aryl methyl sites for hydroxylation is 2. The van der Waals surface area contributed by atoms with E-state index in [1.165, 1.54) is 6.20 Å². The monoisotopic (exact) mass is 334 g/mol. The molecule has 2 rings (SSSR count). The molecule has 1 aromatic carbocycles. The van der Waals surface area contributed by atoms with Crippen LogP contribution in [0.3, 0.4) is 0 Å². The molecule has 0 spiro atoms. The van der Waals surface area contributed by atoms with Gasteiger partial charge in [0.25, 0.3) is 0 Å². The maximum absolute atomic E-state index is 11.7. The molecule has 1 heterocycles. The minimum atomic E-state index is -0.385. The summed E-state index contributed by atoms with van der Waals surface area (Å²) in [5, 5.41) is 0. The first-order chi connectivity index (χ1) is 9.52. The van der Waals surface area contributed by atoms with E-state index in [1.807, 2.05) is 25.1 Å². The van der Waals surface area contributed by atoms with Crippen LogP contribution < -0.4 is 0 Å². The number of esters is 1. The molecule has 0 N–H and O–H groups in total. The maximum atomic E-state index is 11.7. The van der Waals surface area contributed by atoms with Crippen LogP contribution in [0, 0.1) is 13.8 Å². The van der Waals surface area contributed by atoms with Crippen molar-refractivity contribution in [3.8, 4) is 11.4 Å². The van der Waals surface area contributed by atoms with E-state index in [4.69, 9.17) is 4.74 Å². The molecule has 0 radical (unpaired) electrons. The Bertz CT molecular complexity index is 656. The summed E-state index contributed by atoms with van der Waals surface area (Å²) < 4.78 is 5.98. The normalized spacial score (nSPS) is 10.4. The Morgan fingerprint density at radius 3 is 2.70 bits per heavy atom. The van der Waals surface area contributed by atoms with Gasteiger partial charge >= 0.3 is 5.97 Å². The summed E-state index contributed by atoms with van der Waals surface area (Å²) in [6.45, 7) is 5.89. The molecule has 0 saturated carbocycles. The molecule has 0 unspecified atom stereocenters. The standard InChI is InChI=1S/C15H15BrN2O2/c1-4-20-15(19)13-8-17-14(18-10(13)3)12-6-5-11(16)7-9(12)2/h5-8H,4H2,1-3H3. The van der Waals surface area contributed by atoms with Crippen LogP contribution in [-0.2, 0) is 4.74 Å². The maximum Gasteiger partial charge on any atom is 0.341 e. The summed E-state index contributed by atoms with van der Waals surface area (Å²) in [5.74, 6) is 0.227. The van der Waals surface area contributed by atoms with Crippen molar-refractivity contribution in [2.45, 2.75) is 20.8 Å². The van der Waals surface area contributed by atoms with Crippen LogP contribution in [0.25, 0.3) is 11.4 Å². The van der Waals surface area contributed by atoms with Crippen molar-refractivity contribution in [3.05, 3.63) is 45.7 Å². The Morgan fingerprint density at radius 1 is 1.35 bits per heavy atom. The molecule has 0 aliphatic carbocycles. The van der Waals surface area contributed by atoms with Gasteiger partial charge in [-0.05, 0) is 44.5 Å². The molecule has 0 atom stereocenters. The highest BCUT2D eigenvalue weighted by molar-refractivity contribution is 9.10. The molecule has 104 valence electrons. The molecular weight excluding hydrogens is 320 g/mol. The molecule has 0 aliphatic heterocycles. The second-order valence-electron chi connectivity index (χ2n) is 4.37. The van der Waals surface area contributed by atoms with Gasteiger partial charge in [0.1, 0.15) is 0 Å². The molecule has 0 saturated heterocycles. The summed E-state index contributed by atoms with van der Waals surface area (Å²) in [5.41, 5.74) is 3.05. The summed E-state index contributed by atoms with van der Waals surface area (Å²) >= 11 is 3.43. The van der Waals surface area contributed by atoms with Gasteiger partial charge in [0, 0.05) is 16.2 Å². The predicted molar refractivity (Wildman–Crippen MR) is 80.6 cm³/mol. The highest BCUT2D eigenvalue weighted by atomic mass is 79.9. The fraction of sp³-hybridized carbons (Fsp3) is 0.267. The first-order valence-corrected chi connectivity index (χ1v) is 7.09. The number of ether oxygens (including phenoxy) is 1. The average Bonchev–Trinajstić information content (AvgIpc) is 2.38. The first kappa shape index (κ1) is 14.7. The number of carbonyl (C=O) groups is 1. The van der Waals surface area contributed by atoms with Crippen LogP contribution in [0.15, 0.2) is 28.9 Å². The highest BCUT2D eigenvalue weighted by Crippen LogP contribution is 2.24. The highest BCUT2D eigenvalue weighted by Gasteiger charge is 2.14. The number of hydrogen-bond acceptors (Lipinski definition) is 4. The van der Waals surface area contributed by atoms with E-state index >= 15 is 0 Å². The zero-order valence-corrected chi connectivity index (χ0v) is 13.2. The van der Waals surface area contributed by atoms with Crippen molar-refractivity contribution < 1.29 is 9.53 Å². The molecule has 0 fully saturated rings. The summed E-state index contributed by atoms with van der Waals surface area (Å²) in [7, 11) is 0. The van der Waals surface area contributed by atoms with Crippen molar-refractivity contribution in [2.75, 3.05) is 6.61 Å². The predicted octanol–water partition coefficient (Wildman–Crippen LogP) is 3.70. The van der Waals surface area contributed by atoms with Gasteiger partial charge in [-0.1, -0.05) is 15.9 Å². The van der Waals surface area contributed by atoms with Gasteiger partial charge in [-0.25, -0.2) is 14.8 Å². The van der Waals surface area contributed by atoms with E-state index in [-0.39, 0.29) is 5.97 Å². The quantitative estimate of drug-likeness (QED) is 0.803. The van der Waals surface area contributed by atoms with E-state index in [9.17, 15) is 4.79 Å². The number of benzene rings is 1. The summed E-state index contributed by atoms with van der Waals surface area (Å²) in [4.78, 5) is 20.4. The van der Waals surface area contributed by atoms with E-state index in [2.05, 4.69) is 25.9 Å². The Labute approximate surface area is 126 Å². The van der Waals surface area contributed by atoms with Crippen LogP contribution >= 0.6 is 15.9 Å². The largest absolute Gasteiger partial charge is 0.462 e. The summed E-state index contributed by atoms with van der Waals surface area (Å²) in [6.07, 6.45) is 1.52. The van der Waals surface area contributed by atoms with Crippen LogP contribution in [0.2, 0.25) is 0 Å². The second kappa shape index (κ2) is 6.13. The Morgan fingerprint density at radius 2 is 2.10 bits per heavy atom. The van der Waals surface area contributed by atoms with Crippen LogP contribution in [0.4, 0.5) is 0 Å². The number of aromatic nitrogens is 2. The van der Waals surface area contributed by atoms with Gasteiger partial charge < -0.3 is 4.74 Å². The average molecular weight is 335 g/mol. The fourth-order valence-corrected chi connectivity index (χ4v) is 2.36. The van der Waals surface area contributed by atoms with Crippen molar-refractivity contribution in [3.63, 3.8) is 0 Å². The van der Waals surface area contributed by atoms with Gasteiger partial charge in [0.2, 0.25) is 0 Å². The van der Waals surface area contributed by atoms with Crippen molar-refractivity contribution in [2.24, 2.45) is 0 Å². The molecule has 0 amide bonds. The van der Waals surface area contributed by atoms with Gasteiger partial charge in [-0.3, -0.25) is 0 Å². The third-order valence-corrected chi connectivity index (χ3v) is 3.40. The second-order valence-corrected chi connectivity index (χ2v) is 5.29. The lowest BCUT2D eigenvalue weighted by molar-refractivity contribution is 0.0524. The third kappa shape index (κ3) is 3.04. The van der Waals surface area contributed by atoms with E-state index in [1.54, 1.807) is 13.8 Å². The lowest BCUT2D eigenvalue weighted by atomic mass is 10.1. The lowest BCUT2D eigenvalue weighted by Gasteiger charge is -2.08. The zero-order valence-electron chi connectivity index (χ0n) is 11.6. The molecule has 4 nitrogen and oxygen atoms in total. The molecule has 20 heavy (non-hydrogen) atoms. The Hall–Kier alpha value is -1.75. The van der Waals surface area contributed by atoms with Gasteiger partial charge in [-0.15, -0.1) is 0 Å². The Balaban J connectivity index is 2.40. The fourth-order valence-electron chi connectivity index (χ4n) is 1.88. The molecule has 2 aromatic rings. The summed E-state index contributed by atoms with van der Waals surface area (Å²) in [6, 6.07) is 5.91. The SMILES string of the molecule is CCOC(=O)c1cnc(-c2ccc(Br)cc2C)nc1C. The van der Waals surface area contributed by atoms with Crippen LogP contribution in [0.5, 0.6) is 0 Å². The van der Waals surface area contributed by atoms with Gasteiger partial charge in [0.15, 0.2) is 5.82 Å². The smallest absolute Gasteiger partial charge is 0.341 e. The van der Waals surface area contributed by atoms with Gasteiger partial charge in [-0.2, -0.15) is 0 Å². The molecular formula is C15H15BrN2O2. The number of halogens is 1. The molecule has 5 heteroatoms. The van der Waals surface area contributed by atoms with Crippen molar-refractivity contribution in [1.29, 1.82) is 0 Å². The van der Waals surface area contributed by atoms with Crippen molar-refractivity contribution >= 4 is 21.9 Å². The zero-order chi connectivity index (χ0) is 14.7. The van der Waals surface area contributed by atoms with Crippen LogP contribution in [0.1, 0.15) is 28.5 Å². The van der Waals surface area contributed by atoms with Crippen molar-refractivity contribution in [1.82, 2.24) is 9.97 Å². The Kier molecular flexibility index (Phi) is 4.49. The molecule has 1 aromatic heterocycles. The van der Waals surface area contributed by atoms with E-state index < -0.39 is 0 Å². The molecule has 0 aliphatic rings. The number of rotatable bonds is 3. The van der Waals surface area contributed by atoms with Crippen LogP contribution in [-0.4, -0.2) is 22.5 Å². The third-order valence-electron chi connectivity index (χ3n) is 2.90. The van der Waals surface area contributed by atoms with Gasteiger partial charge in [0.05, 0.1) is 17.9 Å². The van der Waals surface area contributed by atoms with E-state index in [0.29, 0.717) is 23.7 Å². The molecule has 0 bridgehead atoms. The minimum absolute atomic E-state index is 0.339. The number of hydrogen-bond donors (Lipinski definition) is 0. The van der Waals surface area contributed by atoms with E-state index in [0.717, 1.165) is 15.6 Å². The minimum Gasteiger partial charge on any atom is -0.462 e.